The minimum absolute atomic E-state index is 0.146. The topological polar surface area (TPSA) is 112 Å². The molecule has 0 unspecified atom stereocenters. The van der Waals surface area contributed by atoms with Crippen molar-refractivity contribution in [3.05, 3.63) is 86.2 Å². The third kappa shape index (κ3) is 6.05. The van der Waals surface area contributed by atoms with Gasteiger partial charge in [0.2, 0.25) is 10.0 Å². The normalized spacial score (nSPS) is 12.3. The summed E-state index contributed by atoms with van der Waals surface area (Å²) in [6.45, 7) is 6.26. The van der Waals surface area contributed by atoms with E-state index in [0.29, 0.717) is 16.8 Å². The molecule has 0 saturated carbocycles. The van der Waals surface area contributed by atoms with Crippen molar-refractivity contribution in [2.24, 2.45) is 0 Å². The molecule has 8 heteroatoms. The number of H-pyrrole nitrogens is 2. The number of anilines is 1. The minimum Gasteiger partial charge on any atom is -0.313 e. The van der Waals surface area contributed by atoms with Crippen LogP contribution in [-0.4, -0.2) is 24.6 Å². The summed E-state index contributed by atoms with van der Waals surface area (Å²) in [7, 11) is -3.32. The summed E-state index contributed by atoms with van der Waals surface area (Å²) in [5, 5.41) is 0. The first-order chi connectivity index (χ1) is 14.4. The molecule has 7 nitrogen and oxygen atoms in total. The third-order valence-electron chi connectivity index (χ3n) is 4.63. The molecule has 0 fully saturated rings. The number of rotatable bonds is 5. The molecule has 0 amide bonds. The maximum atomic E-state index is 12.3. The van der Waals surface area contributed by atoms with E-state index in [-0.39, 0.29) is 5.41 Å². The molecule has 0 aliphatic carbocycles. The maximum absolute atomic E-state index is 12.3. The van der Waals surface area contributed by atoms with E-state index in [1.165, 1.54) is 6.20 Å². The van der Waals surface area contributed by atoms with E-state index in [0.717, 1.165) is 22.9 Å². The highest BCUT2D eigenvalue weighted by Crippen LogP contribution is 2.29. The Labute approximate surface area is 180 Å². The molecule has 3 rings (SSSR count). The second-order valence-electron chi connectivity index (χ2n) is 8.41. The van der Waals surface area contributed by atoms with Crippen LogP contribution in [0.2, 0.25) is 0 Å². The highest BCUT2D eigenvalue weighted by molar-refractivity contribution is 7.92. The van der Waals surface area contributed by atoms with Gasteiger partial charge in [-0.1, -0.05) is 57.2 Å². The maximum Gasteiger partial charge on any atom is 0.325 e. The summed E-state index contributed by atoms with van der Waals surface area (Å²) < 4.78 is 25.1. The van der Waals surface area contributed by atoms with Crippen LogP contribution >= 0.6 is 0 Å². The molecule has 0 bridgehead atoms. The van der Waals surface area contributed by atoms with Crippen molar-refractivity contribution in [2.75, 3.05) is 11.0 Å². The minimum atomic E-state index is -3.32. The van der Waals surface area contributed by atoms with Gasteiger partial charge < -0.3 is 4.98 Å². The van der Waals surface area contributed by atoms with Gasteiger partial charge in [-0.25, -0.2) is 13.2 Å². The van der Waals surface area contributed by atoms with E-state index in [2.05, 4.69) is 41.5 Å². The first-order valence-electron chi connectivity index (χ1n) is 9.65. The largest absolute Gasteiger partial charge is 0.325 e. The van der Waals surface area contributed by atoms with Gasteiger partial charge in [-0.05, 0) is 45.9 Å². The van der Waals surface area contributed by atoms with Gasteiger partial charge in [-0.2, -0.15) is 0 Å². The summed E-state index contributed by atoms with van der Waals surface area (Å²) in [5.74, 6) is 0. The fourth-order valence-electron chi connectivity index (χ4n) is 3.03. The average molecular weight is 440 g/mol. The molecular formula is C23H25N3O4S. The number of aromatic nitrogens is 2. The Hall–Kier alpha value is -3.39. The summed E-state index contributed by atoms with van der Waals surface area (Å²) in [4.78, 5) is 28.4. The first-order valence-corrected chi connectivity index (χ1v) is 11.5. The van der Waals surface area contributed by atoms with Crippen LogP contribution in [0.1, 0.15) is 37.5 Å². The molecule has 2 aromatic carbocycles. The summed E-state index contributed by atoms with van der Waals surface area (Å²) in [5.41, 5.74) is 3.28. The zero-order chi connectivity index (χ0) is 22.8. The number of aromatic amines is 2. The highest BCUT2D eigenvalue weighted by Gasteiger charge is 2.16. The lowest BCUT2D eigenvalue weighted by atomic mass is 9.84. The lowest BCUT2D eigenvalue weighted by Gasteiger charge is -2.21. The standard InChI is InChI=1S/C23H25N3O4S/c1-23(2,3)18-12-16(11-17(13-18)20-14-24-22(28)25-21(20)27)6-5-15-7-9-19(10-8-15)26-31(4,29)30/h5-14,26H,1-4H3,(H2,24,25,27,28)/b6-5+. The second kappa shape index (κ2) is 8.39. The van der Waals surface area contributed by atoms with Gasteiger partial charge in [0.1, 0.15) is 0 Å². The monoisotopic (exact) mass is 439 g/mol. The molecule has 0 atom stereocenters. The Morgan fingerprint density at radius 2 is 1.58 bits per heavy atom. The SMILES string of the molecule is CC(C)(C)c1cc(/C=C/c2ccc(NS(C)(=O)=O)cc2)cc(-c2c[nH]c(=O)[nH]c2=O)c1. The zero-order valence-electron chi connectivity index (χ0n) is 17.8. The average Bonchev–Trinajstić information content (AvgIpc) is 2.65. The van der Waals surface area contributed by atoms with Crippen LogP contribution in [-0.2, 0) is 15.4 Å². The second-order valence-corrected chi connectivity index (χ2v) is 10.2. The Morgan fingerprint density at radius 1 is 0.935 bits per heavy atom. The molecule has 31 heavy (non-hydrogen) atoms. The molecule has 1 aromatic heterocycles. The lowest BCUT2D eigenvalue weighted by Crippen LogP contribution is -2.22. The van der Waals surface area contributed by atoms with E-state index in [4.69, 9.17) is 0 Å². The fraction of sp³-hybridized carbons (Fsp3) is 0.217. The van der Waals surface area contributed by atoms with Gasteiger partial charge >= 0.3 is 5.69 Å². The zero-order valence-corrected chi connectivity index (χ0v) is 18.6. The van der Waals surface area contributed by atoms with Crippen LogP contribution in [0.15, 0.2) is 58.3 Å². The van der Waals surface area contributed by atoms with E-state index in [1.54, 1.807) is 12.1 Å². The van der Waals surface area contributed by atoms with Gasteiger partial charge in [-0.15, -0.1) is 0 Å². The van der Waals surface area contributed by atoms with Crippen LogP contribution in [0.3, 0.4) is 0 Å². The van der Waals surface area contributed by atoms with E-state index < -0.39 is 21.3 Å². The molecule has 162 valence electrons. The van der Waals surface area contributed by atoms with Crippen molar-refractivity contribution >= 4 is 27.9 Å². The van der Waals surface area contributed by atoms with Crippen LogP contribution < -0.4 is 16.0 Å². The molecular weight excluding hydrogens is 414 g/mol. The van der Waals surface area contributed by atoms with Gasteiger partial charge in [0.25, 0.3) is 5.56 Å². The lowest BCUT2D eigenvalue weighted by molar-refractivity contribution is 0.590. The number of hydrogen-bond acceptors (Lipinski definition) is 4. The van der Waals surface area contributed by atoms with Crippen LogP contribution in [0.4, 0.5) is 5.69 Å². The predicted octanol–water partition coefficient (Wildman–Crippen LogP) is 3.57. The molecule has 0 aliphatic heterocycles. The fourth-order valence-corrected chi connectivity index (χ4v) is 3.59. The first kappa shape index (κ1) is 22.3. The van der Waals surface area contributed by atoms with Gasteiger partial charge in [0, 0.05) is 11.9 Å². The van der Waals surface area contributed by atoms with Crippen LogP contribution in [0.25, 0.3) is 23.3 Å². The molecule has 0 saturated heterocycles. The van der Waals surface area contributed by atoms with Crippen molar-refractivity contribution in [2.45, 2.75) is 26.2 Å². The van der Waals surface area contributed by atoms with Crippen molar-refractivity contribution in [3.63, 3.8) is 0 Å². The van der Waals surface area contributed by atoms with E-state index in [9.17, 15) is 18.0 Å². The van der Waals surface area contributed by atoms with E-state index >= 15 is 0 Å². The summed E-state index contributed by atoms with van der Waals surface area (Å²) in [6, 6.07) is 12.9. The molecule has 0 radical (unpaired) electrons. The Bertz CT molecular complexity index is 1340. The highest BCUT2D eigenvalue weighted by atomic mass is 32.2. The van der Waals surface area contributed by atoms with Gasteiger partial charge in [0.05, 0.1) is 11.8 Å². The van der Waals surface area contributed by atoms with Crippen molar-refractivity contribution in [1.29, 1.82) is 0 Å². The van der Waals surface area contributed by atoms with Crippen molar-refractivity contribution < 1.29 is 8.42 Å². The smallest absolute Gasteiger partial charge is 0.313 e. The third-order valence-corrected chi connectivity index (χ3v) is 5.24. The molecule has 0 spiro atoms. The molecule has 1 heterocycles. The molecule has 3 N–H and O–H groups in total. The van der Waals surface area contributed by atoms with Gasteiger partial charge in [-0.3, -0.25) is 14.5 Å². The Balaban J connectivity index is 1.98. The summed E-state index contributed by atoms with van der Waals surface area (Å²) >= 11 is 0. The number of benzene rings is 2. The van der Waals surface area contributed by atoms with Crippen LogP contribution in [0, 0.1) is 0 Å². The number of nitrogens with one attached hydrogen (secondary N) is 3. The van der Waals surface area contributed by atoms with E-state index in [1.807, 2.05) is 36.4 Å². The van der Waals surface area contributed by atoms with Crippen molar-refractivity contribution in [3.8, 4) is 11.1 Å². The van der Waals surface area contributed by atoms with Gasteiger partial charge in [0.15, 0.2) is 0 Å². The molecule has 3 aromatic rings. The molecule has 0 aliphatic rings. The summed E-state index contributed by atoms with van der Waals surface area (Å²) in [6.07, 6.45) is 6.36. The quantitative estimate of drug-likeness (QED) is 0.528. The number of sulfonamides is 1. The Morgan fingerprint density at radius 3 is 2.16 bits per heavy atom. The Kier molecular flexibility index (Phi) is 6.03. The van der Waals surface area contributed by atoms with Crippen molar-refractivity contribution in [1.82, 2.24) is 9.97 Å². The predicted molar refractivity (Wildman–Crippen MR) is 126 cm³/mol. The number of hydrogen-bond donors (Lipinski definition) is 3. The van der Waals surface area contributed by atoms with Crippen LogP contribution in [0.5, 0.6) is 0 Å².